The molecule has 0 aliphatic carbocycles. The number of hydrogen-bond donors (Lipinski definition) is 2. The zero-order valence-corrected chi connectivity index (χ0v) is 15.8. The lowest BCUT2D eigenvalue weighted by molar-refractivity contribution is -0.131. The monoisotopic (exact) mass is 352 g/mol. The fourth-order valence-corrected chi connectivity index (χ4v) is 3.33. The third-order valence-electron chi connectivity index (χ3n) is 4.95. The Morgan fingerprint density at radius 2 is 1.84 bits per heavy atom. The summed E-state index contributed by atoms with van der Waals surface area (Å²) in [7, 11) is 1.77. The summed E-state index contributed by atoms with van der Waals surface area (Å²) in [5.74, 6) is 1.17. The molecule has 1 atom stereocenters. The number of nitrogens with one attached hydrogen (secondary N) is 2. The van der Waals surface area contributed by atoms with Crippen LogP contribution in [0.2, 0.25) is 0 Å². The van der Waals surface area contributed by atoms with Gasteiger partial charge >= 0.3 is 0 Å². The molecule has 0 aromatic carbocycles. The Labute approximate surface area is 150 Å². The van der Waals surface area contributed by atoms with Gasteiger partial charge in [-0.2, -0.15) is 0 Å². The summed E-state index contributed by atoms with van der Waals surface area (Å²) in [6.07, 6.45) is 1.52. The number of guanidine groups is 1. The molecule has 0 saturated carbocycles. The SMILES string of the molecule is CCC(=O)N1CCC(NC(=NC)NCCN2CCN(C(C)=O)CC2)C1. The normalized spacial score (nSPS) is 22.2. The predicted molar refractivity (Wildman–Crippen MR) is 98.5 cm³/mol. The third kappa shape index (κ3) is 5.88. The van der Waals surface area contributed by atoms with Crippen molar-refractivity contribution in [1.29, 1.82) is 0 Å². The lowest BCUT2D eigenvalue weighted by Crippen LogP contribution is -2.51. The van der Waals surface area contributed by atoms with E-state index in [1.807, 2.05) is 16.7 Å². The van der Waals surface area contributed by atoms with Gasteiger partial charge in [-0.15, -0.1) is 0 Å². The van der Waals surface area contributed by atoms with Crippen LogP contribution in [0.25, 0.3) is 0 Å². The number of amides is 2. The Kier molecular flexibility index (Phi) is 7.49. The van der Waals surface area contributed by atoms with Crippen LogP contribution < -0.4 is 10.6 Å². The van der Waals surface area contributed by atoms with E-state index in [-0.39, 0.29) is 17.9 Å². The zero-order chi connectivity index (χ0) is 18.2. The van der Waals surface area contributed by atoms with E-state index in [1.165, 1.54) is 0 Å². The predicted octanol–water partition coefficient (Wildman–Crippen LogP) is -0.674. The zero-order valence-electron chi connectivity index (χ0n) is 15.8. The minimum absolute atomic E-state index is 0.162. The highest BCUT2D eigenvalue weighted by molar-refractivity contribution is 5.80. The average Bonchev–Trinajstić information content (AvgIpc) is 3.09. The number of piperazine rings is 1. The molecule has 142 valence electrons. The summed E-state index contributed by atoms with van der Waals surface area (Å²) in [5, 5.41) is 6.76. The lowest BCUT2D eigenvalue weighted by Gasteiger charge is -2.34. The van der Waals surface area contributed by atoms with Crippen molar-refractivity contribution < 1.29 is 9.59 Å². The van der Waals surface area contributed by atoms with E-state index >= 15 is 0 Å². The topological polar surface area (TPSA) is 80.3 Å². The first-order chi connectivity index (χ1) is 12.0. The van der Waals surface area contributed by atoms with Gasteiger partial charge in [-0.05, 0) is 6.42 Å². The molecule has 2 amide bonds. The molecule has 0 spiro atoms. The minimum atomic E-state index is 0.162. The molecule has 2 saturated heterocycles. The molecule has 1 unspecified atom stereocenters. The standard InChI is InChI=1S/C17H32N6O2/c1-4-16(25)23-7-5-15(13-23)20-17(18-3)19-6-8-21-9-11-22(12-10-21)14(2)24/h15H,4-13H2,1-3H3,(H2,18,19,20). The van der Waals surface area contributed by atoms with Crippen molar-refractivity contribution in [2.24, 2.45) is 4.99 Å². The summed E-state index contributed by atoms with van der Waals surface area (Å²) in [5.41, 5.74) is 0. The fraction of sp³-hybridized carbons (Fsp3) is 0.824. The van der Waals surface area contributed by atoms with Gasteiger partial charge in [-0.3, -0.25) is 19.5 Å². The highest BCUT2D eigenvalue weighted by Gasteiger charge is 2.25. The van der Waals surface area contributed by atoms with Crippen molar-refractivity contribution in [3.05, 3.63) is 0 Å². The third-order valence-corrected chi connectivity index (χ3v) is 4.95. The maximum absolute atomic E-state index is 11.7. The molecule has 0 radical (unpaired) electrons. The highest BCUT2D eigenvalue weighted by Crippen LogP contribution is 2.10. The van der Waals surface area contributed by atoms with Crippen molar-refractivity contribution in [3.63, 3.8) is 0 Å². The van der Waals surface area contributed by atoms with Crippen molar-refractivity contribution in [3.8, 4) is 0 Å². The van der Waals surface area contributed by atoms with Gasteiger partial charge in [0.05, 0.1) is 0 Å². The van der Waals surface area contributed by atoms with E-state index < -0.39 is 0 Å². The van der Waals surface area contributed by atoms with Crippen molar-refractivity contribution in [2.45, 2.75) is 32.7 Å². The molecule has 2 aliphatic heterocycles. The molecular formula is C17H32N6O2. The van der Waals surface area contributed by atoms with Gasteiger partial charge in [0.25, 0.3) is 0 Å². The van der Waals surface area contributed by atoms with Gasteiger partial charge < -0.3 is 20.4 Å². The molecule has 2 aliphatic rings. The summed E-state index contributed by atoms with van der Waals surface area (Å²) in [6, 6.07) is 0.265. The van der Waals surface area contributed by atoms with Crippen LogP contribution in [0.5, 0.6) is 0 Å². The molecule has 2 fully saturated rings. The van der Waals surface area contributed by atoms with Crippen LogP contribution in [-0.4, -0.2) is 97.9 Å². The number of nitrogens with zero attached hydrogens (tertiary/aromatic N) is 4. The number of hydrogen-bond acceptors (Lipinski definition) is 4. The van der Waals surface area contributed by atoms with Crippen LogP contribution in [0.3, 0.4) is 0 Å². The van der Waals surface area contributed by atoms with Crippen LogP contribution in [-0.2, 0) is 9.59 Å². The maximum Gasteiger partial charge on any atom is 0.222 e. The fourth-order valence-electron chi connectivity index (χ4n) is 3.33. The van der Waals surface area contributed by atoms with E-state index in [1.54, 1.807) is 14.0 Å². The van der Waals surface area contributed by atoms with Gasteiger partial charge in [-0.25, -0.2) is 0 Å². The highest BCUT2D eigenvalue weighted by atomic mass is 16.2. The van der Waals surface area contributed by atoms with Gasteiger partial charge in [-0.1, -0.05) is 6.92 Å². The molecule has 2 N–H and O–H groups in total. The van der Waals surface area contributed by atoms with Gasteiger partial charge in [0, 0.05) is 78.8 Å². The quantitative estimate of drug-likeness (QED) is 0.507. The first-order valence-corrected chi connectivity index (χ1v) is 9.26. The van der Waals surface area contributed by atoms with Crippen LogP contribution in [0.15, 0.2) is 4.99 Å². The molecule has 0 aromatic rings. The Hall–Kier alpha value is -1.83. The van der Waals surface area contributed by atoms with Crippen LogP contribution >= 0.6 is 0 Å². The first kappa shape index (κ1) is 19.5. The summed E-state index contributed by atoms with van der Waals surface area (Å²) in [6.45, 7) is 10.3. The molecule has 8 nitrogen and oxygen atoms in total. The number of carbonyl (C=O) groups excluding carboxylic acids is 2. The molecule has 2 rings (SSSR count). The summed E-state index contributed by atoms with van der Waals surface area (Å²) < 4.78 is 0. The van der Waals surface area contributed by atoms with E-state index in [2.05, 4.69) is 20.5 Å². The maximum atomic E-state index is 11.7. The second-order valence-electron chi connectivity index (χ2n) is 6.67. The Bertz CT molecular complexity index is 488. The number of aliphatic imine (C=N–C) groups is 1. The second-order valence-corrected chi connectivity index (χ2v) is 6.67. The molecule has 8 heteroatoms. The van der Waals surface area contributed by atoms with E-state index in [0.29, 0.717) is 6.42 Å². The Balaban J connectivity index is 1.65. The van der Waals surface area contributed by atoms with Crippen LogP contribution in [0.4, 0.5) is 0 Å². The lowest BCUT2D eigenvalue weighted by atomic mass is 10.3. The first-order valence-electron chi connectivity index (χ1n) is 9.26. The molecule has 25 heavy (non-hydrogen) atoms. The largest absolute Gasteiger partial charge is 0.355 e. The van der Waals surface area contributed by atoms with Gasteiger partial charge in [0.2, 0.25) is 11.8 Å². The van der Waals surface area contributed by atoms with Crippen molar-refractivity contribution in [2.75, 3.05) is 59.4 Å². The van der Waals surface area contributed by atoms with E-state index in [9.17, 15) is 9.59 Å². The van der Waals surface area contributed by atoms with Crippen LogP contribution in [0.1, 0.15) is 26.7 Å². The van der Waals surface area contributed by atoms with Crippen LogP contribution in [0, 0.1) is 0 Å². The van der Waals surface area contributed by atoms with Gasteiger partial charge in [0.1, 0.15) is 0 Å². The second kappa shape index (κ2) is 9.60. The molecule has 0 bridgehead atoms. The van der Waals surface area contributed by atoms with E-state index in [0.717, 1.165) is 64.7 Å². The molecule has 0 aromatic heterocycles. The Morgan fingerprint density at radius 1 is 1.12 bits per heavy atom. The average molecular weight is 352 g/mol. The number of likely N-dealkylation sites (tertiary alicyclic amines) is 1. The molecule has 2 heterocycles. The summed E-state index contributed by atoms with van der Waals surface area (Å²) >= 11 is 0. The van der Waals surface area contributed by atoms with E-state index in [4.69, 9.17) is 0 Å². The Morgan fingerprint density at radius 3 is 2.44 bits per heavy atom. The minimum Gasteiger partial charge on any atom is -0.355 e. The van der Waals surface area contributed by atoms with Gasteiger partial charge in [0.15, 0.2) is 5.96 Å². The number of carbonyl (C=O) groups is 2. The van der Waals surface area contributed by atoms with Crippen molar-refractivity contribution in [1.82, 2.24) is 25.3 Å². The van der Waals surface area contributed by atoms with Crippen molar-refractivity contribution >= 4 is 17.8 Å². The molecular weight excluding hydrogens is 320 g/mol. The number of rotatable bonds is 5. The smallest absolute Gasteiger partial charge is 0.222 e. The summed E-state index contributed by atoms with van der Waals surface area (Å²) in [4.78, 5) is 33.5.